The van der Waals surface area contributed by atoms with E-state index >= 15 is 0 Å². The average molecular weight is 393 g/mol. The first-order valence-corrected chi connectivity index (χ1v) is 14.4. The third-order valence-corrected chi connectivity index (χ3v) is 14.1. The fourth-order valence-corrected chi connectivity index (χ4v) is 7.80. The summed E-state index contributed by atoms with van der Waals surface area (Å²) in [6.07, 6.45) is 0.606. The molecule has 2 aromatic rings. The Kier molecular flexibility index (Phi) is 6.32. The minimum atomic E-state index is -2.03. The maximum atomic E-state index is 6.58. The molecule has 136 valence electrons. The second-order valence-corrected chi connectivity index (χ2v) is 17.3. The molecule has 25 heavy (non-hydrogen) atoms. The molecule has 1 unspecified atom stereocenters. The first-order chi connectivity index (χ1) is 11.6. The summed E-state index contributed by atoms with van der Waals surface area (Å²) in [7, 11) is -0.178. The Labute approximate surface area is 158 Å². The zero-order valence-electron chi connectivity index (χ0n) is 16.1. The molecule has 0 N–H and O–H groups in total. The van der Waals surface area contributed by atoms with Gasteiger partial charge in [0.2, 0.25) is 0 Å². The van der Waals surface area contributed by atoms with Crippen LogP contribution in [-0.2, 0) is 16.2 Å². The zero-order valence-corrected chi connectivity index (χ0v) is 18.8. The third-order valence-electron chi connectivity index (χ3n) is 5.08. The lowest BCUT2D eigenvalue weighted by Gasteiger charge is -2.38. The molecule has 5 heteroatoms. The van der Waals surface area contributed by atoms with Gasteiger partial charge in [0.25, 0.3) is 0 Å². The maximum absolute atomic E-state index is 6.58. The largest absolute Gasteiger partial charge is 0.497 e. The summed E-state index contributed by atoms with van der Waals surface area (Å²) in [5.41, 5.74) is 0. The van der Waals surface area contributed by atoms with E-state index in [0.29, 0.717) is 6.35 Å². The van der Waals surface area contributed by atoms with E-state index in [1.807, 2.05) is 18.2 Å². The van der Waals surface area contributed by atoms with Crippen LogP contribution < -0.4 is 15.3 Å². The van der Waals surface area contributed by atoms with Crippen LogP contribution in [0.15, 0.2) is 54.6 Å². The lowest BCUT2D eigenvalue weighted by Crippen LogP contribution is -2.41. The van der Waals surface area contributed by atoms with Gasteiger partial charge in [-0.15, -0.1) is 0 Å². The smallest absolute Gasteiger partial charge is 0.192 e. The average Bonchev–Trinajstić information content (AvgIpc) is 2.59. The second kappa shape index (κ2) is 7.75. The summed E-state index contributed by atoms with van der Waals surface area (Å²) < 4.78 is 11.9. The highest BCUT2D eigenvalue weighted by Crippen LogP contribution is 2.47. The Balaban J connectivity index is 2.41. The van der Waals surface area contributed by atoms with Crippen LogP contribution in [0.1, 0.15) is 20.8 Å². The van der Waals surface area contributed by atoms with Crippen molar-refractivity contribution in [3.05, 3.63) is 54.6 Å². The van der Waals surface area contributed by atoms with Crippen molar-refractivity contribution < 1.29 is 9.16 Å². The fraction of sp³-hybridized carbons (Fsp3) is 0.400. The highest BCUT2D eigenvalue weighted by molar-refractivity contribution is 8.21. The third kappa shape index (κ3) is 4.62. The molecule has 0 radical (unpaired) electrons. The highest BCUT2D eigenvalue weighted by atomic mass is 32.4. The van der Waals surface area contributed by atoms with Crippen LogP contribution in [0.5, 0.6) is 5.75 Å². The molecular weight excluding hydrogens is 363 g/mol. The number of methoxy groups -OCH3 is 1. The molecule has 0 saturated carbocycles. The number of hydrogen-bond acceptors (Lipinski definition) is 3. The number of ether oxygens (including phenoxy) is 1. The summed E-state index contributed by atoms with van der Waals surface area (Å²) in [5.74, 6) is 0.851. The van der Waals surface area contributed by atoms with E-state index in [1.165, 1.54) is 10.6 Å². The fourth-order valence-electron chi connectivity index (χ4n) is 2.26. The molecule has 2 nitrogen and oxygen atoms in total. The molecule has 0 amide bonds. The van der Waals surface area contributed by atoms with Gasteiger partial charge in [-0.25, -0.2) is 0 Å². The molecule has 0 spiro atoms. The first-order valence-electron chi connectivity index (χ1n) is 8.53. The van der Waals surface area contributed by atoms with Gasteiger partial charge in [0.1, 0.15) is 5.75 Å². The number of hydrogen-bond donors (Lipinski definition) is 0. The molecular formula is C20H29O2PSSi. The Hall–Kier alpha value is -0.933. The van der Waals surface area contributed by atoms with Gasteiger partial charge < -0.3 is 9.16 Å². The molecule has 0 bridgehead atoms. The normalized spacial score (nSPS) is 14.8. The SMILES string of the molecule is COc1ccc(P(=S)(CO[Si](C)(C)C(C)(C)C)c2ccccc2)cc1. The van der Waals surface area contributed by atoms with E-state index < -0.39 is 14.4 Å². The minimum Gasteiger partial charge on any atom is -0.497 e. The second-order valence-electron chi connectivity index (χ2n) is 7.81. The van der Waals surface area contributed by atoms with E-state index in [1.54, 1.807) is 7.11 Å². The summed E-state index contributed by atoms with van der Waals surface area (Å²) >= 11 is 6.27. The van der Waals surface area contributed by atoms with Gasteiger partial charge in [-0.3, -0.25) is 0 Å². The van der Waals surface area contributed by atoms with E-state index in [9.17, 15) is 0 Å². The Morgan fingerprint density at radius 2 is 1.44 bits per heavy atom. The molecule has 1 atom stereocenters. The van der Waals surface area contributed by atoms with Crippen LogP contribution in [0.2, 0.25) is 18.1 Å². The molecule has 2 aromatic carbocycles. The van der Waals surface area contributed by atoms with Crippen molar-refractivity contribution in [2.45, 2.75) is 38.9 Å². The molecule has 0 aromatic heterocycles. The predicted molar refractivity (Wildman–Crippen MR) is 116 cm³/mol. The van der Waals surface area contributed by atoms with Crippen molar-refractivity contribution >= 4 is 36.8 Å². The minimum absolute atomic E-state index is 0.170. The van der Waals surface area contributed by atoms with Crippen molar-refractivity contribution in [1.29, 1.82) is 0 Å². The van der Waals surface area contributed by atoms with E-state index in [2.05, 4.69) is 70.3 Å². The first kappa shape index (κ1) is 20.4. The van der Waals surface area contributed by atoms with Crippen LogP contribution in [0.3, 0.4) is 0 Å². The van der Waals surface area contributed by atoms with E-state index in [4.69, 9.17) is 21.0 Å². The maximum Gasteiger partial charge on any atom is 0.192 e. The zero-order chi connectivity index (χ0) is 18.7. The van der Waals surface area contributed by atoms with Gasteiger partial charge in [0.15, 0.2) is 8.32 Å². The van der Waals surface area contributed by atoms with Crippen molar-refractivity contribution in [2.75, 3.05) is 13.5 Å². The van der Waals surface area contributed by atoms with Crippen molar-refractivity contribution in [2.24, 2.45) is 0 Å². The molecule has 0 saturated heterocycles. The summed E-state index contributed by atoms with van der Waals surface area (Å²) in [6, 6.07) is 16.6. The quantitative estimate of drug-likeness (QED) is 0.503. The molecule has 2 rings (SSSR count). The van der Waals surface area contributed by atoms with Gasteiger partial charge in [-0.05, 0) is 53.0 Å². The summed E-state index contributed by atoms with van der Waals surface area (Å²) in [5, 5.41) is 2.55. The van der Waals surface area contributed by atoms with Crippen molar-refractivity contribution in [3.8, 4) is 5.75 Å². The van der Waals surface area contributed by atoms with E-state index in [0.717, 1.165) is 5.75 Å². The molecule has 0 fully saturated rings. The lowest BCUT2D eigenvalue weighted by molar-refractivity contribution is 0.351. The highest BCUT2D eigenvalue weighted by Gasteiger charge is 2.38. The molecule has 0 aliphatic rings. The van der Waals surface area contributed by atoms with Crippen LogP contribution in [0, 0.1) is 0 Å². The van der Waals surface area contributed by atoms with Gasteiger partial charge in [0, 0.05) is 6.04 Å². The van der Waals surface area contributed by atoms with Crippen LogP contribution >= 0.6 is 6.04 Å². The Bertz CT molecular complexity index is 737. The molecule has 0 aliphatic carbocycles. The topological polar surface area (TPSA) is 18.5 Å². The van der Waals surface area contributed by atoms with Crippen LogP contribution in [0.25, 0.3) is 0 Å². The Morgan fingerprint density at radius 1 is 0.920 bits per heavy atom. The van der Waals surface area contributed by atoms with Crippen LogP contribution in [0.4, 0.5) is 0 Å². The van der Waals surface area contributed by atoms with Gasteiger partial charge in [0.05, 0.1) is 13.5 Å². The van der Waals surface area contributed by atoms with Crippen molar-refractivity contribution in [3.63, 3.8) is 0 Å². The van der Waals surface area contributed by atoms with Gasteiger partial charge in [-0.2, -0.15) is 0 Å². The Morgan fingerprint density at radius 3 is 1.92 bits per heavy atom. The van der Waals surface area contributed by atoms with Gasteiger partial charge >= 0.3 is 0 Å². The lowest BCUT2D eigenvalue weighted by atomic mass is 10.2. The van der Waals surface area contributed by atoms with Gasteiger partial charge in [-0.1, -0.05) is 62.9 Å². The number of benzene rings is 2. The summed E-state index contributed by atoms with van der Waals surface area (Å²) in [4.78, 5) is 0. The molecule has 0 aliphatic heterocycles. The van der Waals surface area contributed by atoms with Crippen molar-refractivity contribution in [1.82, 2.24) is 0 Å². The monoisotopic (exact) mass is 392 g/mol. The van der Waals surface area contributed by atoms with E-state index in [-0.39, 0.29) is 5.04 Å². The number of rotatable bonds is 6. The standard InChI is InChI=1S/C20H29O2PSSi/c1-20(2,3)25(5,6)22-16-23(24,18-10-8-7-9-11-18)19-14-12-17(21-4)13-15-19/h7-15H,16H2,1-6H3. The summed E-state index contributed by atoms with van der Waals surface area (Å²) in [6.45, 7) is 11.4. The van der Waals surface area contributed by atoms with Crippen LogP contribution in [-0.4, -0.2) is 21.8 Å². The predicted octanol–water partition coefficient (Wildman–Crippen LogP) is 5.10. The molecule has 0 heterocycles.